The van der Waals surface area contributed by atoms with E-state index < -0.39 is 15.9 Å². The van der Waals surface area contributed by atoms with Gasteiger partial charge in [-0.3, -0.25) is 4.79 Å². The number of carbonyl (C=O) groups excluding carboxylic acids is 1. The summed E-state index contributed by atoms with van der Waals surface area (Å²) in [6.07, 6.45) is 1.60. The molecule has 4 rings (SSSR count). The van der Waals surface area contributed by atoms with Crippen molar-refractivity contribution in [2.24, 2.45) is 0 Å². The van der Waals surface area contributed by atoms with Crippen LogP contribution < -0.4 is 14.8 Å². The molecular weight excluding hydrogens is 572 g/mol. The molecule has 2 N–H and O–H groups in total. The van der Waals surface area contributed by atoms with Crippen molar-refractivity contribution in [2.45, 2.75) is 25.5 Å². The van der Waals surface area contributed by atoms with E-state index in [-0.39, 0.29) is 23.3 Å². The van der Waals surface area contributed by atoms with Crippen LogP contribution in [0.1, 0.15) is 21.9 Å². The fourth-order valence-electron chi connectivity index (χ4n) is 3.15. The molecule has 0 unspecified atom stereocenters. The quantitative estimate of drug-likeness (QED) is 0.301. The van der Waals surface area contributed by atoms with E-state index in [2.05, 4.69) is 41.0 Å². The summed E-state index contributed by atoms with van der Waals surface area (Å²) in [6, 6.07) is 14.2. The van der Waals surface area contributed by atoms with Crippen molar-refractivity contribution >= 4 is 55.1 Å². The van der Waals surface area contributed by atoms with Crippen LogP contribution in [0.15, 0.2) is 70.2 Å². The van der Waals surface area contributed by atoms with E-state index in [1.54, 1.807) is 44.3 Å². The van der Waals surface area contributed by atoms with Crippen LogP contribution in [0.3, 0.4) is 0 Å². The summed E-state index contributed by atoms with van der Waals surface area (Å²) in [5.41, 5.74) is 1.84. The van der Waals surface area contributed by atoms with Crippen LogP contribution in [0.25, 0.3) is 0 Å². The minimum atomic E-state index is -3.90. The number of nitrogens with zero attached hydrogens (tertiary/aromatic N) is 4. The number of nitrogens with one attached hydrogen (secondary N) is 2. The maximum absolute atomic E-state index is 12.7. The van der Waals surface area contributed by atoms with Gasteiger partial charge in [0.2, 0.25) is 5.95 Å². The number of aryl methyl sites for hydroxylation is 2. The highest BCUT2D eigenvalue weighted by Crippen LogP contribution is 2.28. The molecule has 2 heterocycles. The first-order chi connectivity index (χ1) is 17.1. The number of benzene rings is 2. The van der Waals surface area contributed by atoms with Gasteiger partial charge in [0.1, 0.15) is 5.75 Å². The molecule has 0 aliphatic rings. The first-order valence-electron chi connectivity index (χ1n) is 10.5. The maximum Gasteiger partial charge on any atom is 0.276 e. The van der Waals surface area contributed by atoms with Crippen molar-refractivity contribution in [1.82, 2.24) is 19.7 Å². The summed E-state index contributed by atoms with van der Waals surface area (Å²) in [4.78, 5) is 20.8. The zero-order chi connectivity index (χ0) is 25.9. The molecular formula is C23H20BrClN6O4S. The number of amides is 1. The lowest BCUT2D eigenvalue weighted by atomic mass is 10.3. The van der Waals surface area contributed by atoms with Crippen LogP contribution in [0.5, 0.6) is 5.75 Å². The minimum absolute atomic E-state index is 0.00344. The second kappa shape index (κ2) is 10.6. The first-order valence-corrected chi connectivity index (χ1v) is 13.1. The number of rotatable bonds is 8. The van der Waals surface area contributed by atoms with Crippen LogP contribution in [0, 0.1) is 13.8 Å². The van der Waals surface area contributed by atoms with Crippen LogP contribution in [0.2, 0.25) is 5.02 Å². The summed E-state index contributed by atoms with van der Waals surface area (Å²) in [5, 5.41) is 7.32. The fourth-order valence-corrected chi connectivity index (χ4v) is 4.82. The number of aromatic nitrogens is 4. The second-order valence-corrected chi connectivity index (χ2v) is 10.7. The van der Waals surface area contributed by atoms with Crippen LogP contribution >= 0.6 is 27.5 Å². The monoisotopic (exact) mass is 590 g/mol. The summed E-state index contributed by atoms with van der Waals surface area (Å²) in [5.74, 6) is 0.00893. The highest BCUT2D eigenvalue weighted by molar-refractivity contribution is 9.10. The van der Waals surface area contributed by atoms with Crippen molar-refractivity contribution < 1.29 is 17.9 Å². The molecule has 0 fully saturated rings. The van der Waals surface area contributed by atoms with Gasteiger partial charge in [0.25, 0.3) is 15.9 Å². The number of halogens is 2. The molecule has 2 aromatic heterocycles. The average Bonchev–Trinajstić information content (AvgIpc) is 3.27. The summed E-state index contributed by atoms with van der Waals surface area (Å²) in [7, 11) is -3.90. The zero-order valence-corrected chi connectivity index (χ0v) is 22.2. The molecule has 1 amide bonds. The second-order valence-electron chi connectivity index (χ2n) is 7.65. The predicted molar refractivity (Wildman–Crippen MR) is 139 cm³/mol. The molecule has 4 aromatic rings. The Hall–Kier alpha value is -3.48. The molecule has 0 spiro atoms. The molecule has 0 aliphatic carbocycles. The number of carbonyl (C=O) groups is 1. The van der Waals surface area contributed by atoms with E-state index >= 15 is 0 Å². The Labute approximate surface area is 220 Å². The first kappa shape index (κ1) is 25.6. The lowest BCUT2D eigenvalue weighted by molar-refractivity contribution is 0.102. The van der Waals surface area contributed by atoms with Crippen molar-refractivity contribution in [3.05, 3.63) is 87.4 Å². The Morgan fingerprint density at radius 2 is 1.75 bits per heavy atom. The van der Waals surface area contributed by atoms with Crippen LogP contribution in [-0.4, -0.2) is 34.1 Å². The van der Waals surface area contributed by atoms with Crippen molar-refractivity contribution in [2.75, 3.05) is 10.0 Å². The van der Waals surface area contributed by atoms with Crippen LogP contribution in [0.4, 0.5) is 11.6 Å². The Kier molecular flexibility index (Phi) is 7.57. The molecule has 13 heteroatoms. The van der Waals surface area contributed by atoms with E-state index in [9.17, 15) is 13.2 Å². The zero-order valence-electron chi connectivity index (χ0n) is 19.1. The topological polar surface area (TPSA) is 128 Å². The Bertz CT molecular complexity index is 1510. The number of hydrogen-bond donors (Lipinski definition) is 2. The number of hydrogen-bond acceptors (Lipinski definition) is 7. The molecule has 0 saturated heterocycles. The van der Waals surface area contributed by atoms with E-state index in [0.717, 1.165) is 4.47 Å². The van der Waals surface area contributed by atoms with E-state index in [4.69, 9.17) is 16.3 Å². The summed E-state index contributed by atoms with van der Waals surface area (Å²) < 4.78 is 35.6. The summed E-state index contributed by atoms with van der Waals surface area (Å²) in [6.45, 7) is 3.55. The molecule has 0 saturated carbocycles. The molecule has 2 aromatic carbocycles. The Balaban J connectivity index is 1.37. The largest absolute Gasteiger partial charge is 0.470 e. The third-order valence-electron chi connectivity index (χ3n) is 4.75. The van der Waals surface area contributed by atoms with Gasteiger partial charge in [0.15, 0.2) is 12.4 Å². The number of ether oxygens (including phenoxy) is 1. The molecule has 10 nitrogen and oxygen atoms in total. The van der Waals surface area contributed by atoms with Crippen molar-refractivity contribution in [3.63, 3.8) is 0 Å². The van der Waals surface area contributed by atoms with Crippen molar-refractivity contribution in [1.29, 1.82) is 0 Å². The molecule has 36 heavy (non-hydrogen) atoms. The lowest BCUT2D eigenvalue weighted by Crippen LogP contribution is -2.16. The third-order valence-corrected chi connectivity index (χ3v) is 6.88. The van der Waals surface area contributed by atoms with Gasteiger partial charge in [0, 0.05) is 27.7 Å². The van der Waals surface area contributed by atoms with Gasteiger partial charge in [-0.2, -0.15) is 5.10 Å². The molecule has 0 aliphatic heterocycles. The SMILES string of the molecule is Cc1cc(C)nc(NS(=O)(=O)c2ccc(NC(=O)c3ccn(COc4ccc(Br)cc4Cl)n3)cc2)n1. The van der Waals surface area contributed by atoms with Gasteiger partial charge in [-0.25, -0.2) is 27.8 Å². The maximum atomic E-state index is 12.7. The van der Waals surface area contributed by atoms with Gasteiger partial charge in [0.05, 0.1) is 9.92 Å². The smallest absolute Gasteiger partial charge is 0.276 e. The van der Waals surface area contributed by atoms with E-state index in [1.165, 1.54) is 35.0 Å². The van der Waals surface area contributed by atoms with Gasteiger partial charge in [-0.15, -0.1) is 0 Å². The van der Waals surface area contributed by atoms with Crippen LogP contribution in [-0.2, 0) is 16.8 Å². The highest BCUT2D eigenvalue weighted by Gasteiger charge is 2.17. The molecule has 0 atom stereocenters. The number of sulfonamides is 1. The summed E-state index contributed by atoms with van der Waals surface area (Å²) >= 11 is 9.47. The van der Waals surface area contributed by atoms with Gasteiger partial charge in [-0.05, 0) is 68.4 Å². The molecule has 186 valence electrons. The normalized spacial score (nSPS) is 11.2. The Morgan fingerprint density at radius 1 is 1.06 bits per heavy atom. The predicted octanol–water partition coefficient (Wildman–Crippen LogP) is 4.80. The number of anilines is 2. The van der Waals surface area contributed by atoms with Gasteiger partial charge in [-0.1, -0.05) is 27.5 Å². The minimum Gasteiger partial charge on any atom is -0.470 e. The molecule has 0 bridgehead atoms. The third kappa shape index (κ3) is 6.39. The molecule has 0 radical (unpaired) electrons. The van der Waals surface area contributed by atoms with Crippen molar-refractivity contribution in [3.8, 4) is 5.75 Å². The van der Waals surface area contributed by atoms with Gasteiger partial charge < -0.3 is 10.1 Å². The fraction of sp³-hybridized carbons (Fsp3) is 0.130. The Morgan fingerprint density at radius 3 is 2.42 bits per heavy atom. The standard InChI is InChI=1S/C23H20BrClN6O4S/c1-14-11-15(2)27-23(26-14)30-36(33,34)18-6-4-17(5-7-18)28-22(32)20-9-10-31(29-20)13-35-21-8-3-16(24)12-19(21)25/h3-12H,13H2,1-2H3,(H,28,32)(H,26,27,30). The lowest BCUT2D eigenvalue weighted by Gasteiger charge is -2.09. The highest BCUT2D eigenvalue weighted by atomic mass is 79.9. The average molecular weight is 592 g/mol. The van der Waals surface area contributed by atoms with E-state index in [0.29, 0.717) is 27.8 Å². The van der Waals surface area contributed by atoms with E-state index in [1.807, 2.05) is 0 Å². The van der Waals surface area contributed by atoms with Gasteiger partial charge >= 0.3 is 0 Å².